The zero-order valence-corrected chi connectivity index (χ0v) is 10.9. The zero-order valence-electron chi connectivity index (χ0n) is 10.2. The Labute approximate surface area is 106 Å². The third-order valence-corrected chi connectivity index (χ3v) is 3.18. The summed E-state index contributed by atoms with van der Waals surface area (Å²) in [4.78, 5) is 0. The molecule has 2 rings (SSSR count). The number of hydrogen-bond acceptors (Lipinski definition) is 2. The van der Waals surface area contributed by atoms with E-state index in [0.29, 0.717) is 18.5 Å². The van der Waals surface area contributed by atoms with E-state index in [1.54, 1.807) is 6.20 Å². The normalized spacial score (nSPS) is 12.9. The third-order valence-electron chi connectivity index (χ3n) is 2.87. The monoisotopic (exact) mass is 252 g/mol. The topological polar surface area (TPSA) is 35.6 Å². The second-order valence-corrected chi connectivity index (χ2v) is 4.49. The van der Waals surface area contributed by atoms with Gasteiger partial charge in [-0.1, -0.05) is 6.92 Å². The number of nitrogens with zero attached hydrogens (tertiary/aromatic N) is 4. The highest BCUT2D eigenvalue weighted by atomic mass is 35.5. The minimum Gasteiger partial charge on any atom is -0.270 e. The largest absolute Gasteiger partial charge is 0.270 e. The molecule has 0 amide bonds. The first-order chi connectivity index (χ1) is 8.22. The van der Waals surface area contributed by atoms with Gasteiger partial charge in [0.05, 0.1) is 24.3 Å². The van der Waals surface area contributed by atoms with Gasteiger partial charge in [-0.25, -0.2) is 0 Å². The standard InChI is InChI=1S/C12H17ClN4/c1-3-10(2)17-5-4-12(15-17)9-16-8-11(6-13)7-14-16/h4-5,7-8,10H,3,6,9H2,1-2H3. The number of halogens is 1. The maximum atomic E-state index is 5.73. The van der Waals surface area contributed by atoms with E-state index in [0.717, 1.165) is 17.7 Å². The Kier molecular flexibility index (Phi) is 3.84. The van der Waals surface area contributed by atoms with Crippen molar-refractivity contribution in [2.75, 3.05) is 0 Å². The van der Waals surface area contributed by atoms with Crippen molar-refractivity contribution in [2.24, 2.45) is 0 Å². The fraction of sp³-hybridized carbons (Fsp3) is 0.500. The van der Waals surface area contributed by atoms with Gasteiger partial charge < -0.3 is 0 Å². The predicted octanol–water partition coefficient (Wildman–Crippen LogP) is 2.84. The molecule has 2 aromatic rings. The Hall–Kier alpha value is -1.29. The van der Waals surface area contributed by atoms with Gasteiger partial charge in [-0.05, 0) is 19.4 Å². The van der Waals surface area contributed by atoms with Crippen LogP contribution < -0.4 is 0 Å². The Morgan fingerprint density at radius 3 is 2.94 bits per heavy atom. The van der Waals surface area contributed by atoms with Crippen molar-refractivity contribution < 1.29 is 0 Å². The summed E-state index contributed by atoms with van der Waals surface area (Å²) in [5, 5.41) is 8.77. The molecule has 5 heteroatoms. The molecule has 0 radical (unpaired) electrons. The average molecular weight is 253 g/mol. The molecule has 0 fully saturated rings. The van der Waals surface area contributed by atoms with Crippen LogP contribution in [0, 0.1) is 0 Å². The highest BCUT2D eigenvalue weighted by Crippen LogP contribution is 2.10. The van der Waals surface area contributed by atoms with Gasteiger partial charge in [-0.15, -0.1) is 11.6 Å². The zero-order chi connectivity index (χ0) is 12.3. The van der Waals surface area contributed by atoms with Gasteiger partial charge in [-0.2, -0.15) is 10.2 Å². The number of hydrogen-bond donors (Lipinski definition) is 0. The lowest BCUT2D eigenvalue weighted by atomic mass is 10.3. The van der Waals surface area contributed by atoms with Gasteiger partial charge in [0.15, 0.2) is 0 Å². The molecule has 17 heavy (non-hydrogen) atoms. The van der Waals surface area contributed by atoms with Crippen LogP contribution >= 0.6 is 11.6 Å². The number of alkyl halides is 1. The van der Waals surface area contributed by atoms with E-state index < -0.39 is 0 Å². The molecule has 0 aliphatic heterocycles. The van der Waals surface area contributed by atoms with Crippen LogP contribution in [0.4, 0.5) is 0 Å². The van der Waals surface area contributed by atoms with Crippen LogP contribution in [0.5, 0.6) is 0 Å². The summed E-state index contributed by atoms with van der Waals surface area (Å²) in [6, 6.07) is 2.48. The molecular formula is C12H17ClN4. The smallest absolute Gasteiger partial charge is 0.0849 e. The van der Waals surface area contributed by atoms with Crippen LogP contribution in [0.1, 0.15) is 37.6 Å². The Balaban J connectivity index is 2.06. The van der Waals surface area contributed by atoms with Crippen molar-refractivity contribution in [2.45, 2.75) is 38.7 Å². The molecule has 0 saturated heterocycles. The summed E-state index contributed by atoms with van der Waals surface area (Å²) >= 11 is 5.73. The van der Waals surface area contributed by atoms with Gasteiger partial charge >= 0.3 is 0 Å². The summed E-state index contributed by atoms with van der Waals surface area (Å²) in [5.41, 5.74) is 2.06. The molecule has 0 saturated carbocycles. The second-order valence-electron chi connectivity index (χ2n) is 4.22. The molecule has 0 spiro atoms. The Morgan fingerprint density at radius 2 is 2.29 bits per heavy atom. The predicted molar refractivity (Wildman–Crippen MR) is 68.1 cm³/mol. The summed E-state index contributed by atoms with van der Waals surface area (Å²) in [6.07, 6.45) is 6.85. The third kappa shape index (κ3) is 2.88. The van der Waals surface area contributed by atoms with E-state index in [9.17, 15) is 0 Å². The summed E-state index contributed by atoms with van der Waals surface area (Å²) in [5.74, 6) is 0.501. The first-order valence-electron chi connectivity index (χ1n) is 5.84. The Bertz CT molecular complexity index is 474. The Morgan fingerprint density at radius 1 is 1.47 bits per heavy atom. The van der Waals surface area contributed by atoms with Gasteiger partial charge in [0.2, 0.25) is 0 Å². The first kappa shape index (κ1) is 12.2. The van der Waals surface area contributed by atoms with Gasteiger partial charge in [0.25, 0.3) is 0 Å². The van der Waals surface area contributed by atoms with Crippen LogP contribution in [0.3, 0.4) is 0 Å². The van der Waals surface area contributed by atoms with Crippen LogP contribution in [0.25, 0.3) is 0 Å². The molecule has 0 bridgehead atoms. The fourth-order valence-electron chi connectivity index (χ4n) is 1.62. The molecular weight excluding hydrogens is 236 g/mol. The lowest BCUT2D eigenvalue weighted by molar-refractivity contribution is 0.471. The minimum atomic E-state index is 0.444. The van der Waals surface area contributed by atoms with Crippen molar-refractivity contribution in [3.8, 4) is 0 Å². The first-order valence-corrected chi connectivity index (χ1v) is 6.37. The van der Waals surface area contributed by atoms with E-state index in [2.05, 4.69) is 24.0 Å². The second kappa shape index (κ2) is 5.36. The van der Waals surface area contributed by atoms with Crippen molar-refractivity contribution in [3.05, 3.63) is 35.9 Å². The van der Waals surface area contributed by atoms with Crippen molar-refractivity contribution in [3.63, 3.8) is 0 Å². The lowest BCUT2D eigenvalue weighted by Crippen LogP contribution is -2.06. The fourth-order valence-corrected chi connectivity index (χ4v) is 1.76. The highest BCUT2D eigenvalue weighted by Gasteiger charge is 2.05. The highest BCUT2D eigenvalue weighted by molar-refractivity contribution is 6.17. The average Bonchev–Trinajstić information content (AvgIpc) is 2.97. The van der Waals surface area contributed by atoms with Crippen LogP contribution in [0.15, 0.2) is 24.7 Å². The van der Waals surface area contributed by atoms with E-state index in [4.69, 9.17) is 11.6 Å². The molecule has 0 aliphatic carbocycles. The molecule has 0 N–H and O–H groups in total. The molecule has 92 valence electrons. The molecule has 1 unspecified atom stereocenters. The molecule has 2 heterocycles. The minimum absolute atomic E-state index is 0.444. The maximum Gasteiger partial charge on any atom is 0.0849 e. The summed E-state index contributed by atoms with van der Waals surface area (Å²) < 4.78 is 3.86. The van der Waals surface area contributed by atoms with Crippen molar-refractivity contribution >= 4 is 11.6 Å². The van der Waals surface area contributed by atoms with Gasteiger partial charge in [0.1, 0.15) is 0 Å². The molecule has 0 aromatic carbocycles. The summed E-state index contributed by atoms with van der Waals surface area (Å²) in [6.45, 7) is 5.02. The van der Waals surface area contributed by atoms with E-state index >= 15 is 0 Å². The SMILES string of the molecule is CCC(C)n1ccc(Cn2cc(CCl)cn2)n1. The maximum absolute atomic E-state index is 5.73. The van der Waals surface area contributed by atoms with Crippen molar-refractivity contribution in [1.29, 1.82) is 0 Å². The molecule has 1 atom stereocenters. The van der Waals surface area contributed by atoms with Crippen LogP contribution in [0.2, 0.25) is 0 Å². The molecule has 4 nitrogen and oxygen atoms in total. The summed E-state index contributed by atoms with van der Waals surface area (Å²) in [7, 11) is 0. The van der Waals surface area contributed by atoms with E-state index in [-0.39, 0.29) is 0 Å². The van der Waals surface area contributed by atoms with Gasteiger partial charge in [-0.3, -0.25) is 9.36 Å². The van der Waals surface area contributed by atoms with Crippen LogP contribution in [-0.4, -0.2) is 19.6 Å². The molecule has 0 aliphatic rings. The van der Waals surface area contributed by atoms with Crippen LogP contribution in [-0.2, 0) is 12.4 Å². The van der Waals surface area contributed by atoms with E-state index in [1.165, 1.54) is 0 Å². The molecule has 2 aromatic heterocycles. The van der Waals surface area contributed by atoms with Gasteiger partial charge in [0, 0.05) is 24.0 Å². The number of rotatable bonds is 5. The number of aromatic nitrogens is 4. The lowest BCUT2D eigenvalue weighted by Gasteiger charge is -2.08. The quantitative estimate of drug-likeness (QED) is 0.767. The van der Waals surface area contributed by atoms with Crippen molar-refractivity contribution in [1.82, 2.24) is 19.6 Å². The van der Waals surface area contributed by atoms with E-state index in [1.807, 2.05) is 27.8 Å².